The molecule has 0 unspecified atom stereocenters. The molecule has 210 valence electrons. The fraction of sp³-hybridized carbons (Fsp3) is 0.333. The zero-order valence-corrected chi connectivity index (χ0v) is 24.5. The molecule has 0 bridgehead atoms. The van der Waals surface area contributed by atoms with E-state index in [0.29, 0.717) is 0 Å². The van der Waals surface area contributed by atoms with Gasteiger partial charge in [0, 0.05) is 12.5 Å². The van der Waals surface area contributed by atoms with Gasteiger partial charge in [-0.15, -0.1) is 0 Å². The Balaban J connectivity index is 1.65. The summed E-state index contributed by atoms with van der Waals surface area (Å²) >= 11 is 0. The van der Waals surface area contributed by atoms with Crippen molar-refractivity contribution in [3.63, 3.8) is 0 Å². The molecular weight excluding hydrogens is 562 g/mol. The highest BCUT2D eigenvalue weighted by molar-refractivity contribution is 7.89. The molecule has 0 aliphatic carbocycles. The van der Waals surface area contributed by atoms with Crippen LogP contribution in [0.3, 0.4) is 0 Å². The summed E-state index contributed by atoms with van der Waals surface area (Å²) in [4.78, 5) is -0.134. The summed E-state index contributed by atoms with van der Waals surface area (Å²) in [6.07, 6.45) is -1.08. The zero-order chi connectivity index (χ0) is 28.6. The maximum absolute atomic E-state index is 13.7. The number of benzene rings is 3. The van der Waals surface area contributed by atoms with Gasteiger partial charge in [-0.3, -0.25) is 8.37 Å². The Kier molecular flexibility index (Phi) is 8.36. The van der Waals surface area contributed by atoms with Crippen LogP contribution in [0.4, 0.5) is 0 Å². The summed E-state index contributed by atoms with van der Waals surface area (Å²) in [7, 11) is -12.6. The van der Waals surface area contributed by atoms with Crippen LogP contribution in [0.5, 0.6) is 0 Å². The van der Waals surface area contributed by atoms with Crippen molar-refractivity contribution < 1.29 is 33.6 Å². The lowest BCUT2D eigenvalue weighted by molar-refractivity contribution is 0.164. The molecule has 0 saturated carbocycles. The Morgan fingerprint density at radius 2 is 1.08 bits per heavy atom. The second kappa shape index (κ2) is 11.1. The van der Waals surface area contributed by atoms with Gasteiger partial charge in [0.25, 0.3) is 20.2 Å². The average Bonchev–Trinajstić information content (AvgIpc) is 3.18. The van der Waals surface area contributed by atoms with Crippen LogP contribution in [0.1, 0.15) is 23.6 Å². The van der Waals surface area contributed by atoms with Gasteiger partial charge < -0.3 is 0 Å². The molecule has 0 spiro atoms. The van der Waals surface area contributed by atoms with E-state index < -0.39 is 54.9 Å². The first-order chi connectivity index (χ1) is 18.2. The first kappa shape index (κ1) is 29.4. The summed E-state index contributed by atoms with van der Waals surface area (Å²) in [6.45, 7) is 6.25. The molecule has 0 aromatic heterocycles. The first-order valence-electron chi connectivity index (χ1n) is 12.3. The van der Waals surface area contributed by atoms with E-state index in [9.17, 15) is 25.3 Å². The summed E-state index contributed by atoms with van der Waals surface area (Å²) in [6, 6.07) is 17.4. The average molecular weight is 594 g/mol. The normalized spacial score (nSPS) is 20.8. The van der Waals surface area contributed by atoms with Gasteiger partial charge in [-0.25, -0.2) is 8.42 Å². The minimum Gasteiger partial charge on any atom is -0.265 e. The van der Waals surface area contributed by atoms with Gasteiger partial charge >= 0.3 is 0 Å². The molecule has 3 aromatic rings. The van der Waals surface area contributed by atoms with Crippen LogP contribution in [0.2, 0.25) is 0 Å². The first-order valence-corrected chi connectivity index (χ1v) is 16.5. The van der Waals surface area contributed by atoms with Crippen LogP contribution < -0.4 is 0 Å². The summed E-state index contributed by atoms with van der Waals surface area (Å²) in [5.41, 5.74) is 2.59. The third-order valence-electron chi connectivity index (χ3n) is 6.81. The molecule has 3 aromatic carbocycles. The highest BCUT2D eigenvalue weighted by Crippen LogP contribution is 2.35. The van der Waals surface area contributed by atoms with Crippen LogP contribution in [0.15, 0.2) is 87.5 Å². The van der Waals surface area contributed by atoms with Crippen LogP contribution >= 0.6 is 0 Å². The Labute approximate surface area is 230 Å². The largest absolute Gasteiger partial charge is 0.297 e. The van der Waals surface area contributed by atoms with E-state index in [2.05, 4.69) is 0 Å². The van der Waals surface area contributed by atoms with E-state index in [-0.39, 0.29) is 21.2 Å². The second-order valence-corrected chi connectivity index (χ2v) is 14.8. The molecule has 1 fully saturated rings. The molecule has 4 rings (SSSR count). The van der Waals surface area contributed by atoms with Crippen molar-refractivity contribution in [2.24, 2.45) is 5.92 Å². The van der Waals surface area contributed by atoms with Crippen LogP contribution in [0.25, 0.3) is 0 Å². The summed E-state index contributed by atoms with van der Waals surface area (Å²) < 4.78 is 91.1. The van der Waals surface area contributed by atoms with E-state index in [4.69, 9.17) is 8.37 Å². The maximum Gasteiger partial charge on any atom is 0.297 e. The SMILES string of the molecule is Cc1ccc(S(=O)(=O)OC[C@@H]2[C@@H](C)[C@H](OS(=O)(=O)c3ccc(C)cc3)CN2S(=O)(=O)c2ccc(C)cc2)cc1. The molecule has 0 amide bonds. The van der Waals surface area contributed by atoms with Crippen molar-refractivity contribution in [1.82, 2.24) is 4.31 Å². The summed E-state index contributed by atoms with van der Waals surface area (Å²) in [5.74, 6) is -0.723. The Morgan fingerprint density at radius 1 is 0.667 bits per heavy atom. The maximum atomic E-state index is 13.7. The third kappa shape index (κ3) is 6.42. The Bertz CT molecular complexity index is 1630. The van der Waals surface area contributed by atoms with Crippen molar-refractivity contribution in [2.75, 3.05) is 13.2 Å². The van der Waals surface area contributed by atoms with Gasteiger partial charge in [-0.05, 0) is 57.2 Å². The molecule has 0 N–H and O–H groups in total. The van der Waals surface area contributed by atoms with E-state index in [0.717, 1.165) is 21.0 Å². The highest BCUT2D eigenvalue weighted by atomic mass is 32.2. The smallest absolute Gasteiger partial charge is 0.265 e. The highest BCUT2D eigenvalue weighted by Gasteiger charge is 2.48. The van der Waals surface area contributed by atoms with E-state index in [1.165, 1.54) is 36.4 Å². The van der Waals surface area contributed by atoms with Crippen molar-refractivity contribution in [3.8, 4) is 0 Å². The van der Waals surface area contributed by atoms with E-state index >= 15 is 0 Å². The lowest BCUT2D eigenvalue weighted by Crippen LogP contribution is -2.40. The number of nitrogens with zero attached hydrogens (tertiary/aromatic N) is 1. The fourth-order valence-electron chi connectivity index (χ4n) is 4.32. The molecule has 3 atom stereocenters. The van der Waals surface area contributed by atoms with Crippen molar-refractivity contribution in [1.29, 1.82) is 0 Å². The van der Waals surface area contributed by atoms with E-state index in [1.807, 2.05) is 20.8 Å². The predicted molar refractivity (Wildman–Crippen MR) is 146 cm³/mol. The summed E-state index contributed by atoms with van der Waals surface area (Å²) in [5, 5.41) is 0. The molecule has 1 aliphatic heterocycles. The molecule has 1 saturated heterocycles. The number of hydrogen-bond donors (Lipinski definition) is 0. The number of hydrogen-bond acceptors (Lipinski definition) is 8. The van der Waals surface area contributed by atoms with Crippen molar-refractivity contribution >= 4 is 30.3 Å². The van der Waals surface area contributed by atoms with Crippen molar-refractivity contribution in [2.45, 2.75) is 54.5 Å². The molecular formula is C27H31NO8S3. The van der Waals surface area contributed by atoms with Crippen LogP contribution in [-0.2, 0) is 38.6 Å². The quantitative estimate of drug-likeness (QED) is 0.343. The Hall–Kier alpha value is -2.61. The van der Waals surface area contributed by atoms with Gasteiger partial charge in [0.2, 0.25) is 10.0 Å². The lowest BCUT2D eigenvalue weighted by atomic mass is 10.0. The topological polar surface area (TPSA) is 124 Å². The fourth-order valence-corrected chi connectivity index (χ4v) is 8.09. The van der Waals surface area contributed by atoms with Gasteiger partial charge in [0.15, 0.2) is 0 Å². The van der Waals surface area contributed by atoms with Crippen LogP contribution in [-0.4, -0.2) is 54.9 Å². The predicted octanol–water partition coefficient (Wildman–Crippen LogP) is 3.80. The minimum atomic E-state index is -4.23. The third-order valence-corrected chi connectivity index (χ3v) is 11.4. The number of sulfonamides is 1. The molecule has 39 heavy (non-hydrogen) atoms. The molecule has 12 heteroatoms. The standard InChI is InChI=1S/C27H31NO8S3/c1-19-5-11-23(12-6-19)37(29,30)28-17-27(36-39(33,34)25-15-9-21(3)10-16-25)22(4)26(28)18-35-38(31,32)24-13-7-20(2)8-14-24/h5-16,22,26-27H,17-18H2,1-4H3/t22-,26-,27-/m1/s1. The Morgan fingerprint density at radius 3 is 1.54 bits per heavy atom. The molecule has 0 radical (unpaired) electrons. The monoisotopic (exact) mass is 593 g/mol. The number of aryl methyl sites for hydroxylation is 3. The number of rotatable bonds is 9. The van der Waals surface area contributed by atoms with Crippen molar-refractivity contribution in [3.05, 3.63) is 89.5 Å². The van der Waals surface area contributed by atoms with E-state index in [1.54, 1.807) is 43.3 Å². The van der Waals surface area contributed by atoms with Gasteiger partial charge in [-0.2, -0.15) is 21.1 Å². The second-order valence-electron chi connectivity index (χ2n) is 9.77. The minimum absolute atomic E-state index is 0.00580. The van der Waals surface area contributed by atoms with Gasteiger partial charge in [-0.1, -0.05) is 60.0 Å². The molecule has 1 heterocycles. The van der Waals surface area contributed by atoms with Crippen LogP contribution in [0, 0.1) is 26.7 Å². The molecule has 1 aliphatic rings. The van der Waals surface area contributed by atoms with Gasteiger partial charge in [0.1, 0.15) is 0 Å². The molecule has 9 nitrogen and oxygen atoms in total. The van der Waals surface area contributed by atoms with Gasteiger partial charge in [0.05, 0.1) is 33.4 Å². The zero-order valence-electron chi connectivity index (χ0n) is 22.0. The lowest BCUT2D eigenvalue weighted by Gasteiger charge is -2.25.